The fourth-order valence-corrected chi connectivity index (χ4v) is 2.69. The zero-order chi connectivity index (χ0) is 20.4. The summed E-state index contributed by atoms with van der Waals surface area (Å²) >= 11 is 0. The van der Waals surface area contributed by atoms with Crippen molar-refractivity contribution in [3.05, 3.63) is 52.8 Å². The number of nitrogens with zero attached hydrogens (tertiary/aromatic N) is 2. The van der Waals surface area contributed by atoms with E-state index in [1.807, 2.05) is 19.0 Å². The third-order valence-electron chi connectivity index (χ3n) is 4.17. The number of benzene rings is 1. The molecule has 0 N–H and O–H groups in total. The second-order valence-corrected chi connectivity index (χ2v) is 6.43. The molecule has 0 spiro atoms. The number of anilines is 1. The predicted molar refractivity (Wildman–Crippen MR) is 95.3 cm³/mol. The van der Waals surface area contributed by atoms with Crippen molar-refractivity contribution in [2.24, 2.45) is 0 Å². The Morgan fingerprint density at radius 2 is 1.70 bits per heavy atom. The van der Waals surface area contributed by atoms with Crippen LogP contribution in [0.25, 0.3) is 0 Å². The summed E-state index contributed by atoms with van der Waals surface area (Å²) in [7, 11) is 3.72. The number of hydrogen-bond acceptors (Lipinski definition) is 4. The molecule has 0 saturated heterocycles. The largest absolute Gasteiger partial charge is 0.454 e. The monoisotopic (exact) mass is 382 g/mol. The molecule has 2 aromatic rings. The zero-order valence-corrected chi connectivity index (χ0v) is 15.6. The van der Waals surface area contributed by atoms with Crippen LogP contribution in [0.2, 0.25) is 0 Å². The SMILES string of the molecule is Cc1cc(C(=O)COC(=O)c2ccc(N(C)C)cc2)c(C)n1CC(F)(F)F. The summed E-state index contributed by atoms with van der Waals surface area (Å²) < 4.78 is 44.0. The number of carbonyl (C=O) groups is 2. The van der Waals surface area contributed by atoms with Gasteiger partial charge in [0.15, 0.2) is 6.61 Å². The van der Waals surface area contributed by atoms with Crippen LogP contribution in [0, 0.1) is 13.8 Å². The first-order valence-electron chi connectivity index (χ1n) is 8.21. The van der Waals surface area contributed by atoms with Crippen molar-refractivity contribution in [1.29, 1.82) is 0 Å². The molecular weight excluding hydrogens is 361 g/mol. The first-order chi connectivity index (χ1) is 12.5. The number of aryl methyl sites for hydroxylation is 1. The van der Waals surface area contributed by atoms with Crippen LogP contribution in [-0.2, 0) is 11.3 Å². The maximum atomic E-state index is 12.7. The van der Waals surface area contributed by atoms with Crippen LogP contribution in [-0.4, -0.2) is 43.2 Å². The van der Waals surface area contributed by atoms with Gasteiger partial charge >= 0.3 is 12.1 Å². The number of alkyl halides is 3. The molecule has 27 heavy (non-hydrogen) atoms. The Balaban J connectivity index is 2.05. The molecular formula is C19H21F3N2O3. The van der Waals surface area contributed by atoms with Gasteiger partial charge in [-0.05, 0) is 44.2 Å². The topological polar surface area (TPSA) is 51.5 Å². The van der Waals surface area contributed by atoms with Crippen LogP contribution in [0.4, 0.5) is 18.9 Å². The highest BCUT2D eigenvalue weighted by Gasteiger charge is 2.30. The molecule has 0 fully saturated rings. The van der Waals surface area contributed by atoms with Crippen LogP contribution in [0.5, 0.6) is 0 Å². The minimum absolute atomic E-state index is 0.118. The van der Waals surface area contributed by atoms with Crippen molar-refractivity contribution in [2.45, 2.75) is 26.6 Å². The highest BCUT2D eigenvalue weighted by Crippen LogP contribution is 2.23. The van der Waals surface area contributed by atoms with Gasteiger partial charge < -0.3 is 14.2 Å². The van der Waals surface area contributed by atoms with Gasteiger partial charge in [-0.15, -0.1) is 0 Å². The molecule has 146 valence electrons. The van der Waals surface area contributed by atoms with E-state index in [1.54, 1.807) is 24.3 Å². The fourth-order valence-electron chi connectivity index (χ4n) is 2.69. The van der Waals surface area contributed by atoms with Crippen molar-refractivity contribution in [3.63, 3.8) is 0 Å². The third-order valence-corrected chi connectivity index (χ3v) is 4.17. The number of Topliss-reactive ketones (excluding diaryl/α,β-unsaturated/α-hetero) is 1. The molecule has 1 heterocycles. The molecule has 0 unspecified atom stereocenters. The van der Waals surface area contributed by atoms with Crippen LogP contribution in [0.15, 0.2) is 30.3 Å². The molecule has 0 amide bonds. The van der Waals surface area contributed by atoms with Crippen LogP contribution >= 0.6 is 0 Å². The third kappa shape index (κ3) is 5.12. The minimum Gasteiger partial charge on any atom is -0.454 e. The molecule has 0 bridgehead atoms. The highest BCUT2D eigenvalue weighted by molar-refractivity contribution is 6.00. The summed E-state index contributed by atoms with van der Waals surface area (Å²) in [5.41, 5.74) is 1.82. The number of hydrogen-bond donors (Lipinski definition) is 0. The van der Waals surface area contributed by atoms with E-state index in [0.29, 0.717) is 5.69 Å². The standard InChI is InChI=1S/C19H21F3N2O3/c1-12-9-16(13(2)24(12)11-19(20,21)22)17(25)10-27-18(26)14-5-7-15(8-6-14)23(3)4/h5-9H,10-11H2,1-4H3. The van der Waals surface area contributed by atoms with Gasteiger partial charge in [0.25, 0.3) is 0 Å². The summed E-state index contributed by atoms with van der Waals surface area (Å²) in [6.07, 6.45) is -4.39. The maximum Gasteiger partial charge on any atom is 0.406 e. The molecule has 5 nitrogen and oxygen atoms in total. The molecule has 8 heteroatoms. The van der Waals surface area contributed by atoms with Crippen LogP contribution < -0.4 is 4.90 Å². The van der Waals surface area contributed by atoms with E-state index in [-0.39, 0.29) is 16.8 Å². The minimum atomic E-state index is -4.39. The fraction of sp³-hybridized carbons (Fsp3) is 0.368. The summed E-state index contributed by atoms with van der Waals surface area (Å²) in [5.74, 6) is -1.22. The van der Waals surface area contributed by atoms with Crippen molar-refractivity contribution in [2.75, 3.05) is 25.6 Å². The second-order valence-electron chi connectivity index (χ2n) is 6.43. The number of ketones is 1. The molecule has 0 aliphatic rings. The van der Waals surface area contributed by atoms with Gasteiger partial charge in [0.2, 0.25) is 5.78 Å². The summed E-state index contributed by atoms with van der Waals surface area (Å²) in [5, 5.41) is 0. The van der Waals surface area contributed by atoms with Gasteiger partial charge in [-0.3, -0.25) is 4.79 Å². The number of carbonyl (C=O) groups excluding carboxylic acids is 2. The average Bonchev–Trinajstić information content (AvgIpc) is 2.86. The molecule has 2 rings (SSSR count). The average molecular weight is 382 g/mol. The van der Waals surface area contributed by atoms with E-state index in [1.165, 1.54) is 19.9 Å². The molecule has 0 atom stereocenters. The first-order valence-corrected chi connectivity index (χ1v) is 8.21. The quantitative estimate of drug-likeness (QED) is 0.564. The Hall–Kier alpha value is -2.77. The number of ether oxygens (including phenoxy) is 1. The summed E-state index contributed by atoms with van der Waals surface area (Å²) in [6.45, 7) is 1.22. The van der Waals surface area contributed by atoms with E-state index in [0.717, 1.165) is 10.3 Å². The molecule has 1 aromatic heterocycles. The van der Waals surface area contributed by atoms with Gasteiger partial charge in [-0.1, -0.05) is 0 Å². The Kier molecular flexibility index (Phi) is 5.98. The Labute approximate surface area is 155 Å². The number of esters is 1. The first kappa shape index (κ1) is 20.5. The lowest BCUT2D eigenvalue weighted by molar-refractivity contribution is -0.141. The Bertz CT molecular complexity index is 837. The molecule has 1 aromatic carbocycles. The van der Waals surface area contributed by atoms with Crippen molar-refractivity contribution in [3.8, 4) is 0 Å². The summed E-state index contributed by atoms with van der Waals surface area (Å²) in [6, 6.07) is 8.02. The molecule has 0 aliphatic heterocycles. The normalized spacial score (nSPS) is 11.4. The van der Waals surface area contributed by atoms with E-state index >= 15 is 0 Å². The zero-order valence-electron chi connectivity index (χ0n) is 15.6. The van der Waals surface area contributed by atoms with Gasteiger partial charge in [0, 0.05) is 36.7 Å². The van der Waals surface area contributed by atoms with E-state index < -0.39 is 31.1 Å². The molecule has 0 aliphatic carbocycles. The van der Waals surface area contributed by atoms with Crippen molar-refractivity contribution in [1.82, 2.24) is 4.57 Å². The maximum absolute atomic E-state index is 12.7. The smallest absolute Gasteiger partial charge is 0.406 e. The van der Waals surface area contributed by atoms with Gasteiger partial charge in [0.1, 0.15) is 6.54 Å². The lowest BCUT2D eigenvalue weighted by atomic mass is 10.1. The van der Waals surface area contributed by atoms with Crippen LogP contribution in [0.3, 0.4) is 0 Å². The Morgan fingerprint density at radius 3 is 2.22 bits per heavy atom. The molecule has 0 radical (unpaired) electrons. The van der Waals surface area contributed by atoms with Gasteiger partial charge in [-0.25, -0.2) is 4.79 Å². The van der Waals surface area contributed by atoms with E-state index in [2.05, 4.69) is 0 Å². The lowest BCUT2D eigenvalue weighted by Crippen LogP contribution is -2.20. The highest BCUT2D eigenvalue weighted by atomic mass is 19.4. The van der Waals surface area contributed by atoms with E-state index in [9.17, 15) is 22.8 Å². The van der Waals surface area contributed by atoms with Gasteiger partial charge in [0.05, 0.1) is 5.56 Å². The van der Waals surface area contributed by atoms with E-state index in [4.69, 9.17) is 4.74 Å². The number of aromatic nitrogens is 1. The Morgan fingerprint density at radius 1 is 1.11 bits per heavy atom. The molecule has 0 saturated carbocycles. The predicted octanol–water partition coefficient (Wildman–Crippen LogP) is 3.77. The van der Waals surface area contributed by atoms with Crippen LogP contribution in [0.1, 0.15) is 32.1 Å². The van der Waals surface area contributed by atoms with Gasteiger partial charge in [-0.2, -0.15) is 13.2 Å². The second kappa shape index (κ2) is 7.85. The van der Waals surface area contributed by atoms with Crippen molar-refractivity contribution >= 4 is 17.4 Å². The number of rotatable bonds is 6. The number of halogens is 3. The van der Waals surface area contributed by atoms with Crippen molar-refractivity contribution < 1.29 is 27.5 Å². The summed E-state index contributed by atoms with van der Waals surface area (Å²) in [4.78, 5) is 26.2. The lowest BCUT2D eigenvalue weighted by Gasteiger charge is -2.13.